The third kappa shape index (κ3) is 7.50. The Labute approximate surface area is 88.9 Å². The topological polar surface area (TPSA) is 31.0 Å². The van der Waals surface area contributed by atoms with Crippen molar-refractivity contribution in [1.29, 1.82) is 0 Å². The van der Waals surface area contributed by atoms with Crippen LogP contribution in [0.5, 0.6) is 0 Å². The number of methoxy groups -OCH3 is 1. The molecule has 1 aliphatic rings. The molecular formula is C10H22O3Si. The van der Waals surface area contributed by atoms with E-state index in [9.17, 15) is 0 Å². The number of ether oxygens (including phenoxy) is 3. The quantitative estimate of drug-likeness (QED) is 0.309. The van der Waals surface area contributed by atoms with Gasteiger partial charge < -0.3 is 14.2 Å². The van der Waals surface area contributed by atoms with Gasteiger partial charge in [0, 0.05) is 29.8 Å². The van der Waals surface area contributed by atoms with Crippen molar-refractivity contribution >= 4 is 9.52 Å². The molecule has 1 atom stereocenters. The molecule has 1 fully saturated rings. The fraction of sp³-hybridized carbons (Fsp3) is 1.00. The molecule has 0 aromatic carbocycles. The first-order chi connectivity index (χ1) is 6.93. The summed E-state index contributed by atoms with van der Waals surface area (Å²) < 4.78 is 15.5. The zero-order valence-electron chi connectivity index (χ0n) is 9.17. The minimum Gasteiger partial charge on any atom is -0.385 e. The second kappa shape index (κ2) is 8.41. The summed E-state index contributed by atoms with van der Waals surface area (Å²) in [4.78, 5) is 0. The van der Waals surface area contributed by atoms with Crippen molar-refractivity contribution in [1.82, 2.24) is 0 Å². The molecule has 0 saturated carbocycles. The number of rotatable bonds is 10. The van der Waals surface area contributed by atoms with Crippen molar-refractivity contribution in [2.45, 2.75) is 31.0 Å². The molecule has 1 rings (SSSR count). The first-order valence-electron chi connectivity index (χ1n) is 5.62. The van der Waals surface area contributed by atoms with Crippen molar-refractivity contribution in [2.75, 3.05) is 33.5 Å². The largest absolute Gasteiger partial charge is 0.385 e. The molecule has 0 amide bonds. The summed E-state index contributed by atoms with van der Waals surface area (Å²) in [6, 6.07) is 2.83. The summed E-state index contributed by atoms with van der Waals surface area (Å²) in [5.41, 5.74) is 0. The van der Waals surface area contributed by atoms with Crippen LogP contribution in [0.15, 0.2) is 0 Å². The summed E-state index contributed by atoms with van der Waals surface area (Å²) >= 11 is 0. The van der Waals surface area contributed by atoms with Crippen molar-refractivity contribution in [3.05, 3.63) is 0 Å². The highest BCUT2D eigenvalue weighted by Crippen LogP contribution is 2.08. The normalized spacial score (nSPS) is 20.8. The molecule has 0 aromatic heterocycles. The Balaban J connectivity index is 1.63. The van der Waals surface area contributed by atoms with E-state index < -0.39 is 0 Å². The molecule has 1 heterocycles. The second-order valence-electron chi connectivity index (χ2n) is 3.79. The molecule has 0 bridgehead atoms. The molecule has 0 spiro atoms. The Bertz CT molecular complexity index is 129. The molecule has 0 aliphatic carbocycles. The van der Waals surface area contributed by atoms with E-state index in [1.54, 1.807) is 7.11 Å². The molecular weight excluding hydrogens is 196 g/mol. The fourth-order valence-corrected chi connectivity index (χ4v) is 2.83. The summed E-state index contributed by atoms with van der Waals surface area (Å²) in [5, 5.41) is 0. The van der Waals surface area contributed by atoms with Crippen LogP contribution in [0.3, 0.4) is 0 Å². The van der Waals surface area contributed by atoms with Gasteiger partial charge in [0.15, 0.2) is 0 Å². The maximum Gasteiger partial charge on any atom is 0.104 e. The second-order valence-corrected chi connectivity index (χ2v) is 5.91. The van der Waals surface area contributed by atoms with Crippen LogP contribution >= 0.6 is 0 Å². The molecule has 0 N–H and O–H groups in total. The zero-order valence-corrected chi connectivity index (χ0v) is 10.6. The van der Waals surface area contributed by atoms with Gasteiger partial charge >= 0.3 is 0 Å². The third-order valence-electron chi connectivity index (χ3n) is 2.34. The Morgan fingerprint density at radius 3 is 2.64 bits per heavy atom. The molecule has 1 unspecified atom stereocenters. The maximum absolute atomic E-state index is 5.46. The lowest BCUT2D eigenvalue weighted by Gasteiger charge is -2.01. The molecule has 1 saturated heterocycles. The fourth-order valence-electron chi connectivity index (χ4n) is 1.36. The van der Waals surface area contributed by atoms with Gasteiger partial charge in [-0.15, -0.1) is 0 Å². The van der Waals surface area contributed by atoms with Crippen LogP contribution in [0.25, 0.3) is 0 Å². The molecule has 0 radical (unpaired) electrons. The van der Waals surface area contributed by atoms with E-state index in [4.69, 9.17) is 14.2 Å². The number of hydrogen-bond donors (Lipinski definition) is 0. The van der Waals surface area contributed by atoms with Crippen LogP contribution in [0.2, 0.25) is 12.1 Å². The predicted octanol–water partition coefficient (Wildman–Crippen LogP) is 0.834. The van der Waals surface area contributed by atoms with Gasteiger partial charge in [-0.1, -0.05) is 12.1 Å². The SMILES string of the molecule is COCCC[SiH2]CCCOCC1CO1. The van der Waals surface area contributed by atoms with Crippen molar-refractivity contribution < 1.29 is 14.2 Å². The molecule has 84 valence electrons. The highest BCUT2D eigenvalue weighted by Gasteiger charge is 2.21. The van der Waals surface area contributed by atoms with Gasteiger partial charge in [0.1, 0.15) is 6.10 Å². The monoisotopic (exact) mass is 218 g/mol. The van der Waals surface area contributed by atoms with Gasteiger partial charge in [-0.25, -0.2) is 0 Å². The Hall–Kier alpha value is 0.0969. The predicted molar refractivity (Wildman–Crippen MR) is 59.8 cm³/mol. The van der Waals surface area contributed by atoms with Crippen LogP contribution in [-0.4, -0.2) is 49.2 Å². The van der Waals surface area contributed by atoms with Crippen LogP contribution in [0.1, 0.15) is 12.8 Å². The Kier molecular flexibility index (Phi) is 7.31. The lowest BCUT2D eigenvalue weighted by molar-refractivity contribution is 0.117. The molecule has 3 nitrogen and oxygen atoms in total. The van der Waals surface area contributed by atoms with Gasteiger partial charge in [-0.2, -0.15) is 0 Å². The lowest BCUT2D eigenvalue weighted by Crippen LogP contribution is -2.03. The average molecular weight is 218 g/mol. The van der Waals surface area contributed by atoms with Crippen LogP contribution in [0, 0.1) is 0 Å². The Morgan fingerprint density at radius 1 is 1.29 bits per heavy atom. The van der Waals surface area contributed by atoms with E-state index >= 15 is 0 Å². The van der Waals surface area contributed by atoms with Crippen molar-refractivity contribution in [3.8, 4) is 0 Å². The van der Waals surface area contributed by atoms with Gasteiger partial charge in [-0.3, -0.25) is 0 Å². The van der Waals surface area contributed by atoms with Gasteiger partial charge in [-0.05, 0) is 12.8 Å². The number of epoxide rings is 1. The number of hydrogen-bond acceptors (Lipinski definition) is 3. The molecule has 0 aromatic rings. The highest BCUT2D eigenvalue weighted by atomic mass is 28.2. The summed E-state index contributed by atoms with van der Waals surface area (Å²) in [6.45, 7) is 3.58. The van der Waals surface area contributed by atoms with Crippen molar-refractivity contribution in [3.63, 3.8) is 0 Å². The minimum atomic E-state index is 0.168. The standard InChI is InChI=1S/C10H22O3Si/c1-11-4-2-6-14-7-3-5-12-8-10-9-13-10/h10H,2-9,14H2,1H3. The minimum absolute atomic E-state index is 0.168. The molecule has 14 heavy (non-hydrogen) atoms. The van der Waals surface area contributed by atoms with Crippen LogP contribution in [0.4, 0.5) is 0 Å². The van der Waals surface area contributed by atoms with E-state index in [1.165, 1.54) is 24.9 Å². The summed E-state index contributed by atoms with van der Waals surface area (Å²) in [6.07, 6.45) is 2.92. The summed E-state index contributed by atoms with van der Waals surface area (Å²) in [7, 11) is 1.94. The van der Waals surface area contributed by atoms with E-state index in [-0.39, 0.29) is 9.52 Å². The first kappa shape index (κ1) is 12.2. The maximum atomic E-state index is 5.46. The third-order valence-corrected chi connectivity index (χ3v) is 4.34. The van der Waals surface area contributed by atoms with E-state index in [1.807, 2.05) is 0 Å². The average Bonchev–Trinajstić information content (AvgIpc) is 2.99. The zero-order chi connectivity index (χ0) is 10.1. The van der Waals surface area contributed by atoms with Gasteiger partial charge in [0.05, 0.1) is 13.2 Å². The van der Waals surface area contributed by atoms with Crippen LogP contribution < -0.4 is 0 Å². The lowest BCUT2D eigenvalue weighted by atomic mass is 10.5. The Morgan fingerprint density at radius 2 is 2.00 bits per heavy atom. The highest BCUT2D eigenvalue weighted by molar-refractivity contribution is 6.35. The van der Waals surface area contributed by atoms with Gasteiger partial charge in [0.2, 0.25) is 0 Å². The van der Waals surface area contributed by atoms with Crippen LogP contribution in [-0.2, 0) is 14.2 Å². The molecule has 1 aliphatic heterocycles. The first-order valence-corrected chi connectivity index (χ1v) is 7.62. The van der Waals surface area contributed by atoms with Crippen molar-refractivity contribution in [2.24, 2.45) is 0 Å². The molecule has 4 heteroatoms. The smallest absolute Gasteiger partial charge is 0.104 e. The summed E-state index contributed by atoms with van der Waals surface area (Å²) in [5.74, 6) is 0. The van der Waals surface area contributed by atoms with E-state index in [2.05, 4.69) is 0 Å². The van der Waals surface area contributed by atoms with Gasteiger partial charge in [0.25, 0.3) is 0 Å². The van der Waals surface area contributed by atoms with E-state index in [0.717, 1.165) is 26.4 Å². The van der Waals surface area contributed by atoms with E-state index in [0.29, 0.717) is 6.10 Å².